The smallest absolute Gasteiger partial charge is 0.305 e. The number of hydrogen-bond donors (Lipinski definition) is 2. The SMILES string of the molecule is COc1ccc2cc(SN[C@H](CC(=O)O)c3ccc4c(c3)OCO4)ccc2c1. The Morgan fingerprint density at radius 2 is 1.89 bits per heavy atom. The van der Waals surface area contributed by atoms with Crippen molar-refractivity contribution >= 4 is 28.7 Å². The van der Waals surface area contributed by atoms with Crippen molar-refractivity contribution in [2.24, 2.45) is 0 Å². The normalized spacial score (nSPS) is 13.5. The number of carboxylic acid groups (broad SMARTS) is 1. The highest BCUT2D eigenvalue weighted by Gasteiger charge is 2.20. The van der Waals surface area contributed by atoms with Gasteiger partial charge in [0.25, 0.3) is 0 Å². The average Bonchev–Trinajstić information content (AvgIpc) is 3.18. The second kappa shape index (κ2) is 8.00. The first-order valence-corrected chi connectivity index (χ1v) is 9.55. The van der Waals surface area contributed by atoms with Crippen LogP contribution in [0.2, 0.25) is 0 Å². The highest BCUT2D eigenvalue weighted by Crippen LogP contribution is 2.36. The molecule has 3 aromatic rings. The third-order valence-electron chi connectivity index (χ3n) is 4.52. The maximum absolute atomic E-state index is 11.3. The maximum atomic E-state index is 11.3. The molecular formula is C21H19NO5S. The molecule has 1 aliphatic heterocycles. The third kappa shape index (κ3) is 4.00. The summed E-state index contributed by atoms with van der Waals surface area (Å²) in [6, 6.07) is 17.1. The average molecular weight is 397 g/mol. The molecule has 0 aromatic heterocycles. The fourth-order valence-electron chi connectivity index (χ4n) is 3.06. The van der Waals surface area contributed by atoms with E-state index in [4.69, 9.17) is 14.2 Å². The Morgan fingerprint density at radius 1 is 1.11 bits per heavy atom. The number of carboxylic acids is 1. The van der Waals surface area contributed by atoms with Gasteiger partial charge in [-0.05, 0) is 64.7 Å². The minimum Gasteiger partial charge on any atom is -0.497 e. The van der Waals surface area contributed by atoms with Crippen LogP contribution in [-0.4, -0.2) is 25.0 Å². The standard InChI is InChI=1S/C21H19NO5S/c1-25-16-5-2-14-9-17(6-3-13(14)8-16)28-22-18(11-21(23)24)15-4-7-19-20(10-15)27-12-26-19/h2-10,18,22H,11-12H2,1H3,(H,23,24)/t18-/m1/s1. The third-order valence-corrected chi connectivity index (χ3v) is 5.41. The van der Waals surface area contributed by atoms with Crippen LogP contribution in [0.5, 0.6) is 17.2 Å². The van der Waals surface area contributed by atoms with Crippen molar-refractivity contribution in [3.63, 3.8) is 0 Å². The molecule has 0 saturated carbocycles. The van der Waals surface area contributed by atoms with Crippen LogP contribution >= 0.6 is 11.9 Å². The Morgan fingerprint density at radius 3 is 2.71 bits per heavy atom. The van der Waals surface area contributed by atoms with Crippen molar-refractivity contribution in [2.75, 3.05) is 13.9 Å². The summed E-state index contributed by atoms with van der Waals surface area (Å²) in [6.45, 7) is 0.187. The summed E-state index contributed by atoms with van der Waals surface area (Å²) in [6.07, 6.45) is -0.0442. The van der Waals surface area contributed by atoms with Gasteiger partial charge in [0.2, 0.25) is 6.79 Å². The number of aliphatic carboxylic acids is 1. The van der Waals surface area contributed by atoms with Crippen LogP contribution in [0.3, 0.4) is 0 Å². The van der Waals surface area contributed by atoms with Crippen LogP contribution in [0.4, 0.5) is 0 Å². The summed E-state index contributed by atoms with van der Waals surface area (Å²) in [4.78, 5) is 12.3. The van der Waals surface area contributed by atoms with E-state index in [1.165, 1.54) is 11.9 Å². The van der Waals surface area contributed by atoms with Crippen molar-refractivity contribution in [1.29, 1.82) is 0 Å². The fraction of sp³-hybridized carbons (Fsp3) is 0.190. The second-order valence-electron chi connectivity index (χ2n) is 6.36. The van der Waals surface area contributed by atoms with Gasteiger partial charge in [-0.2, -0.15) is 0 Å². The molecule has 1 aliphatic rings. The van der Waals surface area contributed by atoms with Crippen LogP contribution in [0.25, 0.3) is 10.8 Å². The lowest BCUT2D eigenvalue weighted by molar-refractivity contribution is -0.137. The minimum atomic E-state index is -0.874. The van der Waals surface area contributed by atoms with E-state index < -0.39 is 5.97 Å². The molecule has 3 aromatic carbocycles. The number of benzene rings is 3. The predicted octanol–water partition coefficient (Wildman–Crippen LogP) is 4.39. The second-order valence-corrected chi connectivity index (χ2v) is 7.27. The molecule has 2 N–H and O–H groups in total. The summed E-state index contributed by atoms with van der Waals surface area (Å²) in [5.41, 5.74) is 0.838. The van der Waals surface area contributed by atoms with Gasteiger partial charge in [0, 0.05) is 4.90 Å². The van der Waals surface area contributed by atoms with Crippen LogP contribution in [-0.2, 0) is 4.79 Å². The first-order valence-electron chi connectivity index (χ1n) is 8.74. The molecule has 144 valence electrons. The molecule has 7 heteroatoms. The van der Waals surface area contributed by atoms with Gasteiger partial charge in [0.05, 0.1) is 19.6 Å². The molecule has 0 aliphatic carbocycles. The summed E-state index contributed by atoms with van der Waals surface area (Å²) in [7, 11) is 1.65. The van der Waals surface area contributed by atoms with Gasteiger partial charge in [-0.1, -0.05) is 18.2 Å². The van der Waals surface area contributed by atoms with E-state index in [9.17, 15) is 9.90 Å². The summed E-state index contributed by atoms with van der Waals surface area (Å²) < 4.78 is 19.3. The first-order chi connectivity index (χ1) is 13.6. The Hall–Kier alpha value is -2.90. The first kappa shape index (κ1) is 18.5. The highest BCUT2D eigenvalue weighted by molar-refractivity contribution is 7.97. The lowest BCUT2D eigenvalue weighted by atomic mass is 10.0. The van der Waals surface area contributed by atoms with E-state index in [0.29, 0.717) is 11.5 Å². The molecule has 4 rings (SSSR count). The molecular weight excluding hydrogens is 378 g/mol. The zero-order chi connectivity index (χ0) is 19.5. The minimum absolute atomic E-state index is 0.0442. The Balaban J connectivity index is 1.52. The van der Waals surface area contributed by atoms with Crippen molar-refractivity contribution in [1.82, 2.24) is 4.72 Å². The zero-order valence-electron chi connectivity index (χ0n) is 15.2. The molecule has 0 unspecified atom stereocenters. The van der Waals surface area contributed by atoms with E-state index in [1.807, 2.05) is 48.5 Å². The topological polar surface area (TPSA) is 77.0 Å². The van der Waals surface area contributed by atoms with E-state index in [0.717, 1.165) is 27.0 Å². The maximum Gasteiger partial charge on any atom is 0.305 e. The molecule has 1 atom stereocenters. The lowest BCUT2D eigenvalue weighted by Crippen LogP contribution is -2.18. The molecule has 28 heavy (non-hydrogen) atoms. The Bertz CT molecular complexity index is 1020. The van der Waals surface area contributed by atoms with Crippen LogP contribution in [0.15, 0.2) is 59.5 Å². The van der Waals surface area contributed by atoms with E-state index >= 15 is 0 Å². The van der Waals surface area contributed by atoms with Crippen molar-refractivity contribution in [2.45, 2.75) is 17.4 Å². The van der Waals surface area contributed by atoms with Gasteiger partial charge in [-0.15, -0.1) is 0 Å². The number of ether oxygens (including phenoxy) is 3. The Labute approximate surface area is 166 Å². The van der Waals surface area contributed by atoms with E-state index in [-0.39, 0.29) is 19.3 Å². The summed E-state index contributed by atoms with van der Waals surface area (Å²) >= 11 is 1.41. The van der Waals surface area contributed by atoms with Gasteiger partial charge < -0.3 is 19.3 Å². The van der Waals surface area contributed by atoms with Gasteiger partial charge in [0.15, 0.2) is 11.5 Å². The summed E-state index contributed by atoms with van der Waals surface area (Å²) in [5.74, 6) is 1.26. The number of carbonyl (C=O) groups is 1. The number of hydrogen-bond acceptors (Lipinski definition) is 6. The van der Waals surface area contributed by atoms with Crippen LogP contribution in [0, 0.1) is 0 Å². The lowest BCUT2D eigenvalue weighted by Gasteiger charge is -2.17. The largest absolute Gasteiger partial charge is 0.497 e. The molecule has 0 spiro atoms. The molecule has 0 fully saturated rings. The zero-order valence-corrected chi connectivity index (χ0v) is 16.0. The molecule has 0 radical (unpaired) electrons. The summed E-state index contributed by atoms with van der Waals surface area (Å²) in [5, 5.41) is 11.5. The van der Waals surface area contributed by atoms with Crippen molar-refractivity contribution in [3.8, 4) is 17.2 Å². The number of nitrogens with one attached hydrogen (secondary N) is 1. The predicted molar refractivity (Wildman–Crippen MR) is 107 cm³/mol. The monoisotopic (exact) mass is 397 g/mol. The van der Waals surface area contributed by atoms with Gasteiger partial charge >= 0.3 is 5.97 Å². The van der Waals surface area contributed by atoms with Crippen molar-refractivity contribution in [3.05, 3.63) is 60.2 Å². The number of rotatable bonds is 7. The fourth-order valence-corrected chi connectivity index (χ4v) is 3.88. The highest BCUT2D eigenvalue weighted by atomic mass is 32.2. The molecule has 0 saturated heterocycles. The number of methoxy groups -OCH3 is 1. The number of fused-ring (bicyclic) bond motifs is 2. The molecule has 6 nitrogen and oxygen atoms in total. The molecule has 1 heterocycles. The van der Waals surface area contributed by atoms with Crippen LogP contribution in [0.1, 0.15) is 18.0 Å². The van der Waals surface area contributed by atoms with Gasteiger partial charge in [-0.3, -0.25) is 9.52 Å². The van der Waals surface area contributed by atoms with Crippen LogP contribution < -0.4 is 18.9 Å². The van der Waals surface area contributed by atoms with E-state index in [2.05, 4.69) is 10.8 Å². The van der Waals surface area contributed by atoms with Gasteiger partial charge in [-0.25, -0.2) is 0 Å². The molecule has 0 amide bonds. The molecule has 0 bridgehead atoms. The van der Waals surface area contributed by atoms with Gasteiger partial charge in [0.1, 0.15) is 5.75 Å². The van der Waals surface area contributed by atoms with Crippen molar-refractivity contribution < 1.29 is 24.1 Å². The van der Waals surface area contributed by atoms with E-state index in [1.54, 1.807) is 7.11 Å². The Kier molecular flexibility index (Phi) is 5.27. The quantitative estimate of drug-likeness (QED) is 0.573.